The summed E-state index contributed by atoms with van der Waals surface area (Å²) in [6, 6.07) is 8.32. The van der Waals surface area contributed by atoms with Crippen LogP contribution in [-0.2, 0) is 11.2 Å². The molecule has 1 saturated carbocycles. The molecule has 1 amide bonds. The molecule has 152 valence electrons. The molecule has 1 aliphatic rings. The number of nitrogens with one attached hydrogen (secondary N) is 3. The third-order valence-corrected chi connectivity index (χ3v) is 5.54. The monoisotopic (exact) mass is 404 g/mol. The van der Waals surface area contributed by atoms with Crippen LogP contribution in [0.5, 0.6) is 0 Å². The number of nitrogens with zero attached hydrogens (tertiary/aromatic N) is 3. The maximum absolute atomic E-state index is 14.1. The highest BCUT2D eigenvalue weighted by atomic mass is 19.1. The van der Waals surface area contributed by atoms with Crippen LogP contribution in [0.15, 0.2) is 42.9 Å². The van der Waals surface area contributed by atoms with Crippen molar-refractivity contribution in [2.24, 2.45) is 0 Å². The quantitative estimate of drug-likeness (QED) is 0.461. The molecule has 8 heteroatoms. The van der Waals surface area contributed by atoms with Crippen molar-refractivity contribution in [3.8, 4) is 11.3 Å². The fourth-order valence-corrected chi connectivity index (χ4v) is 4.11. The lowest BCUT2D eigenvalue weighted by molar-refractivity contribution is -0.115. The minimum absolute atomic E-state index is 0.0284. The number of imidazole rings is 1. The van der Waals surface area contributed by atoms with Gasteiger partial charge in [0.1, 0.15) is 23.5 Å². The first-order valence-electron chi connectivity index (χ1n) is 10.1. The molecule has 0 atom stereocenters. The van der Waals surface area contributed by atoms with Gasteiger partial charge in [-0.05, 0) is 48.7 Å². The van der Waals surface area contributed by atoms with Gasteiger partial charge in [0.25, 0.3) is 0 Å². The molecule has 1 aromatic carbocycles. The van der Waals surface area contributed by atoms with Crippen LogP contribution in [0.3, 0.4) is 0 Å². The number of rotatable bonds is 5. The molecule has 5 rings (SSSR count). The molecule has 3 aromatic heterocycles. The van der Waals surface area contributed by atoms with Gasteiger partial charge in [0.2, 0.25) is 5.91 Å². The Kier molecular flexibility index (Phi) is 4.74. The molecule has 4 aromatic rings. The number of aromatic nitrogens is 5. The highest BCUT2D eigenvalue weighted by Gasteiger charge is 2.22. The van der Waals surface area contributed by atoms with Gasteiger partial charge in [0.15, 0.2) is 11.5 Å². The van der Waals surface area contributed by atoms with E-state index in [-0.39, 0.29) is 18.1 Å². The Morgan fingerprint density at radius 3 is 2.87 bits per heavy atom. The maximum Gasteiger partial charge on any atom is 0.230 e. The van der Waals surface area contributed by atoms with Gasteiger partial charge in [-0.15, -0.1) is 0 Å². The van der Waals surface area contributed by atoms with E-state index >= 15 is 0 Å². The first kappa shape index (κ1) is 18.5. The first-order chi connectivity index (χ1) is 14.7. The van der Waals surface area contributed by atoms with E-state index in [1.807, 2.05) is 12.1 Å². The van der Waals surface area contributed by atoms with Crippen LogP contribution in [0.4, 0.5) is 10.2 Å². The van der Waals surface area contributed by atoms with Gasteiger partial charge < -0.3 is 15.3 Å². The number of aromatic amines is 2. The summed E-state index contributed by atoms with van der Waals surface area (Å²) in [5.41, 5.74) is 3.24. The number of carbonyl (C=O) groups excluding carboxylic acids is 1. The second-order valence-corrected chi connectivity index (χ2v) is 7.68. The van der Waals surface area contributed by atoms with Crippen molar-refractivity contribution >= 4 is 22.9 Å². The molecule has 3 heterocycles. The van der Waals surface area contributed by atoms with Crippen molar-refractivity contribution in [3.63, 3.8) is 0 Å². The summed E-state index contributed by atoms with van der Waals surface area (Å²) >= 11 is 0. The van der Waals surface area contributed by atoms with Gasteiger partial charge in [-0.25, -0.2) is 19.3 Å². The topological polar surface area (TPSA) is 99.3 Å². The fraction of sp³-hybridized carbons (Fsp3) is 0.273. The summed E-state index contributed by atoms with van der Waals surface area (Å²) < 4.78 is 14.1. The predicted molar refractivity (Wildman–Crippen MR) is 111 cm³/mol. The van der Waals surface area contributed by atoms with Gasteiger partial charge in [0, 0.05) is 23.4 Å². The summed E-state index contributed by atoms with van der Waals surface area (Å²) in [7, 11) is 0. The first-order valence-corrected chi connectivity index (χ1v) is 10.1. The van der Waals surface area contributed by atoms with E-state index in [2.05, 4.69) is 30.2 Å². The number of H-pyrrole nitrogens is 2. The Bertz CT molecular complexity index is 1190. The number of hydrogen-bond donors (Lipinski definition) is 3. The van der Waals surface area contributed by atoms with Crippen molar-refractivity contribution in [2.75, 3.05) is 5.32 Å². The van der Waals surface area contributed by atoms with Crippen LogP contribution in [0.2, 0.25) is 0 Å². The van der Waals surface area contributed by atoms with E-state index in [1.54, 1.807) is 12.3 Å². The van der Waals surface area contributed by atoms with Gasteiger partial charge in [-0.2, -0.15) is 0 Å². The van der Waals surface area contributed by atoms with Crippen LogP contribution in [0, 0.1) is 5.82 Å². The summed E-state index contributed by atoms with van der Waals surface area (Å²) in [5, 5.41) is 2.82. The summed E-state index contributed by atoms with van der Waals surface area (Å²) in [4.78, 5) is 32.0. The van der Waals surface area contributed by atoms with Crippen LogP contribution >= 0.6 is 0 Å². The largest absolute Gasteiger partial charge is 0.361 e. The lowest BCUT2D eigenvalue weighted by atomic mass is 10.1. The SMILES string of the molecule is O=C(Cc1cc(F)cc(-c2ccc[nH]2)c1)Nc1ncnc2nc(C3CCCC3)[nH]c12. The third kappa shape index (κ3) is 3.68. The normalized spacial score (nSPS) is 14.4. The van der Waals surface area contributed by atoms with Crippen molar-refractivity contribution in [3.05, 3.63) is 60.1 Å². The average molecular weight is 404 g/mol. The molecule has 0 spiro atoms. The molecule has 7 nitrogen and oxygen atoms in total. The lowest BCUT2D eigenvalue weighted by Crippen LogP contribution is -2.16. The maximum atomic E-state index is 14.1. The van der Waals surface area contributed by atoms with E-state index in [1.165, 1.54) is 31.3 Å². The molecule has 30 heavy (non-hydrogen) atoms. The average Bonchev–Trinajstić information content (AvgIpc) is 3.47. The van der Waals surface area contributed by atoms with E-state index in [0.717, 1.165) is 24.4 Å². The summed E-state index contributed by atoms with van der Waals surface area (Å²) in [5.74, 6) is 1.03. The van der Waals surface area contributed by atoms with Gasteiger partial charge >= 0.3 is 0 Å². The highest BCUT2D eigenvalue weighted by molar-refractivity contribution is 5.97. The zero-order chi connectivity index (χ0) is 20.5. The second-order valence-electron chi connectivity index (χ2n) is 7.68. The standard InChI is InChI=1S/C22H21FN6O/c23-16-9-13(8-15(11-16)17-6-3-7-24-17)10-18(30)27-21-19-22(26-12-25-21)29-20(28-19)14-4-1-2-5-14/h3,6-9,11-12,14,24H,1-2,4-5,10H2,(H2,25,26,27,28,29,30). The number of benzene rings is 1. The van der Waals surface area contributed by atoms with Crippen LogP contribution in [0.1, 0.15) is 43.0 Å². The Labute approximate surface area is 172 Å². The lowest BCUT2D eigenvalue weighted by Gasteiger charge is -2.07. The minimum Gasteiger partial charge on any atom is -0.361 e. The molecule has 0 radical (unpaired) electrons. The Hall–Kier alpha value is -3.55. The second kappa shape index (κ2) is 7.70. The molecule has 3 N–H and O–H groups in total. The molecule has 0 aliphatic heterocycles. The van der Waals surface area contributed by atoms with E-state index in [0.29, 0.717) is 34.0 Å². The number of amides is 1. The van der Waals surface area contributed by atoms with Gasteiger partial charge in [-0.1, -0.05) is 12.8 Å². The summed E-state index contributed by atoms with van der Waals surface area (Å²) in [6.45, 7) is 0. The van der Waals surface area contributed by atoms with Crippen LogP contribution < -0.4 is 5.32 Å². The van der Waals surface area contributed by atoms with Crippen molar-refractivity contribution in [1.29, 1.82) is 0 Å². The van der Waals surface area contributed by atoms with Crippen LogP contribution in [-0.4, -0.2) is 30.8 Å². The predicted octanol–water partition coefficient (Wildman–Crippen LogP) is 4.33. The van der Waals surface area contributed by atoms with Crippen molar-refractivity contribution in [1.82, 2.24) is 24.9 Å². The van der Waals surface area contributed by atoms with Gasteiger partial charge in [-0.3, -0.25) is 4.79 Å². The van der Waals surface area contributed by atoms with Crippen molar-refractivity contribution in [2.45, 2.75) is 38.0 Å². The van der Waals surface area contributed by atoms with E-state index in [9.17, 15) is 9.18 Å². The van der Waals surface area contributed by atoms with Gasteiger partial charge in [0.05, 0.1) is 6.42 Å². The Morgan fingerprint density at radius 2 is 2.07 bits per heavy atom. The highest BCUT2D eigenvalue weighted by Crippen LogP contribution is 2.33. The molecular weight excluding hydrogens is 383 g/mol. The fourth-order valence-electron chi connectivity index (χ4n) is 4.11. The zero-order valence-electron chi connectivity index (χ0n) is 16.3. The Morgan fingerprint density at radius 1 is 1.20 bits per heavy atom. The molecule has 1 fully saturated rings. The molecule has 0 saturated heterocycles. The molecule has 0 bridgehead atoms. The number of carbonyl (C=O) groups is 1. The van der Waals surface area contributed by atoms with Crippen molar-refractivity contribution < 1.29 is 9.18 Å². The number of anilines is 1. The minimum atomic E-state index is -0.385. The molecule has 0 unspecified atom stereocenters. The van der Waals surface area contributed by atoms with E-state index < -0.39 is 0 Å². The molecular formula is C22H21FN6O. The number of fused-ring (bicyclic) bond motifs is 1. The molecule has 1 aliphatic carbocycles. The number of hydrogen-bond acceptors (Lipinski definition) is 4. The Balaban J connectivity index is 1.36. The van der Waals surface area contributed by atoms with Crippen LogP contribution in [0.25, 0.3) is 22.4 Å². The zero-order valence-corrected chi connectivity index (χ0v) is 16.3. The smallest absolute Gasteiger partial charge is 0.230 e. The number of halogens is 1. The summed E-state index contributed by atoms with van der Waals surface area (Å²) in [6.07, 6.45) is 7.82. The van der Waals surface area contributed by atoms with E-state index in [4.69, 9.17) is 0 Å². The third-order valence-electron chi connectivity index (χ3n) is 5.54.